The maximum Gasteiger partial charge on any atom is 0.331 e. The van der Waals surface area contributed by atoms with E-state index in [2.05, 4.69) is 19.9 Å². The number of nitrogens with zero attached hydrogens (tertiary/aromatic N) is 1. The third-order valence-corrected chi connectivity index (χ3v) is 5.10. The van der Waals surface area contributed by atoms with Crippen LogP contribution in [-0.4, -0.2) is 32.5 Å². The van der Waals surface area contributed by atoms with Crippen LogP contribution in [0.4, 0.5) is 5.69 Å². The van der Waals surface area contributed by atoms with E-state index >= 15 is 0 Å². The standard InChI is InChI=1S/C24H25NO4/c1-24(2)20-10-5-6-11-21(20)25(3)22(24)15-18(26)16-29-23(27)13-12-17-8-7-9-19(14-17)28-4/h5-15H,16H2,1-4H3. The smallest absolute Gasteiger partial charge is 0.331 e. The molecule has 0 aromatic heterocycles. The van der Waals surface area contributed by atoms with Crippen LogP contribution in [0, 0.1) is 0 Å². The number of anilines is 1. The lowest BCUT2D eigenvalue weighted by atomic mass is 9.83. The van der Waals surface area contributed by atoms with E-state index in [0.717, 1.165) is 16.9 Å². The Bertz CT molecular complexity index is 988. The van der Waals surface area contributed by atoms with Crippen LogP contribution in [0.25, 0.3) is 6.08 Å². The average Bonchev–Trinajstić information content (AvgIpc) is 2.92. The maximum absolute atomic E-state index is 12.4. The normalized spacial score (nSPS) is 16.1. The highest BCUT2D eigenvalue weighted by atomic mass is 16.5. The van der Waals surface area contributed by atoms with Crippen LogP contribution in [-0.2, 0) is 19.7 Å². The van der Waals surface area contributed by atoms with Gasteiger partial charge < -0.3 is 14.4 Å². The van der Waals surface area contributed by atoms with E-state index in [0.29, 0.717) is 5.75 Å². The lowest BCUT2D eigenvalue weighted by molar-refractivity contribution is -0.141. The van der Waals surface area contributed by atoms with Gasteiger partial charge in [0.1, 0.15) is 5.75 Å². The van der Waals surface area contributed by atoms with Crippen molar-refractivity contribution in [1.82, 2.24) is 0 Å². The molecule has 0 spiro atoms. The molecular weight excluding hydrogens is 366 g/mol. The fraction of sp³-hybridized carbons (Fsp3) is 0.250. The van der Waals surface area contributed by atoms with Crippen LogP contribution in [0.3, 0.4) is 0 Å². The fourth-order valence-corrected chi connectivity index (χ4v) is 3.55. The average molecular weight is 391 g/mol. The summed E-state index contributed by atoms with van der Waals surface area (Å²) in [6.07, 6.45) is 4.49. The highest BCUT2D eigenvalue weighted by Gasteiger charge is 2.38. The molecular formula is C24H25NO4. The first-order valence-electron chi connectivity index (χ1n) is 9.40. The minimum absolute atomic E-state index is 0.254. The van der Waals surface area contributed by atoms with Crippen molar-refractivity contribution in [2.24, 2.45) is 0 Å². The molecule has 5 heteroatoms. The van der Waals surface area contributed by atoms with Gasteiger partial charge in [0.15, 0.2) is 12.4 Å². The molecule has 0 atom stereocenters. The van der Waals surface area contributed by atoms with E-state index < -0.39 is 5.97 Å². The zero-order valence-electron chi connectivity index (χ0n) is 17.1. The number of ether oxygens (including phenoxy) is 2. The van der Waals surface area contributed by atoms with Crippen molar-refractivity contribution in [1.29, 1.82) is 0 Å². The number of esters is 1. The summed E-state index contributed by atoms with van der Waals surface area (Å²) in [4.78, 5) is 26.4. The van der Waals surface area contributed by atoms with Crippen molar-refractivity contribution >= 4 is 23.5 Å². The van der Waals surface area contributed by atoms with Crippen molar-refractivity contribution in [2.75, 3.05) is 25.7 Å². The second kappa shape index (κ2) is 8.35. The largest absolute Gasteiger partial charge is 0.497 e. The van der Waals surface area contributed by atoms with Gasteiger partial charge in [-0.3, -0.25) is 4.79 Å². The van der Waals surface area contributed by atoms with Gasteiger partial charge in [-0.25, -0.2) is 4.79 Å². The van der Waals surface area contributed by atoms with Crippen molar-refractivity contribution in [2.45, 2.75) is 19.3 Å². The van der Waals surface area contributed by atoms with E-state index in [1.165, 1.54) is 11.6 Å². The number of ketones is 1. The van der Waals surface area contributed by atoms with E-state index in [1.807, 2.05) is 48.3 Å². The summed E-state index contributed by atoms with van der Waals surface area (Å²) in [6, 6.07) is 15.4. The van der Waals surface area contributed by atoms with E-state index in [-0.39, 0.29) is 17.8 Å². The molecule has 0 bridgehead atoms. The Balaban J connectivity index is 1.62. The summed E-state index contributed by atoms with van der Waals surface area (Å²) in [5.74, 6) is -0.121. The van der Waals surface area contributed by atoms with Gasteiger partial charge in [-0.2, -0.15) is 0 Å². The maximum atomic E-state index is 12.4. The van der Waals surface area contributed by atoms with Crippen molar-refractivity contribution < 1.29 is 19.1 Å². The zero-order valence-corrected chi connectivity index (χ0v) is 17.1. The van der Waals surface area contributed by atoms with Crippen molar-refractivity contribution in [3.8, 4) is 5.75 Å². The van der Waals surface area contributed by atoms with Gasteiger partial charge in [-0.1, -0.05) is 44.2 Å². The van der Waals surface area contributed by atoms with Gasteiger partial charge in [0, 0.05) is 36.0 Å². The van der Waals surface area contributed by atoms with Crippen LogP contribution in [0.15, 0.2) is 66.4 Å². The first-order chi connectivity index (χ1) is 13.8. The monoisotopic (exact) mass is 391 g/mol. The Morgan fingerprint density at radius 3 is 2.59 bits per heavy atom. The first-order valence-corrected chi connectivity index (χ1v) is 9.40. The van der Waals surface area contributed by atoms with Gasteiger partial charge >= 0.3 is 5.97 Å². The van der Waals surface area contributed by atoms with Crippen molar-refractivity contribution in [3.63, 3.8) is 0 Å². The molecule has 29 heavy (non-hydrogen) atoms. The number of carbonyl (C=O) groups is 2. The van der Waals surface area contributed by atoms with Crippen LogP contribution in [0.1, 0.15) is 25.0 Å². The molecule has 0 saturated carbocycles. The van der Waals surface area contributed by atoms with E-state index in [9.17, 15) is 9.59 Å². The summed E-state index contributed by atoms with van der Waals surface area (Å²) in [7, 11) is 3.52. The number of methoxy groups -OCH3 is 1. The molecule has 5 nitrogen and oxygen atoms in total. The minimum atomic E-state index is -0.568. The lowest BCUT2D eigenvalue weighted by Gasteiger charge is -2.23. The van der Waals surface area contributed by atoms with Crippen LogP contribution >= 0.6 is 0 Å². The lowest BCUT2D eigenvalue weighted by Crippen LogP contribution is -2.25. The molecule has 1 heterocycles. The number of likely N-dealkylation sites (N-methyl/N-ethyl adjacent to an activating group) is 1. The highest BCUT2D eigenvalue weighted by Crippen LogP contribution is 2.46. The second-order valence-electron chi connectivity index (χ2n) is 7.41. The Kier molecular flexibility index (Phi) is 5.87. The zero-order chi connectivity index (χ0) is 21.0. The SMILES string of the molecule is COc1cccc(C=CC(=O)OCC(=O)C=C2N(C)c3ccccc3C2(C)C)c1. The number of hydrogen-bond donors (Lipinski definition) is 0. The summed E-state index contributed by atoms with van der Waals surface area (Å²) >= 11 is 0. The highest BCUT2D eigenvalue weighted by molar-refractivity contribution is 5.96. The topological polar surface area (TPSA) is 55.8 Å². The summed E-state index contributed by atoms with van der Waals surface area (Å²) in [5.41, 5.74) is 3.64. The summed E-state index contributed by atoms with van der Waals surface area (Å²) in [5, 5.41) is 0. The number of benzene rings is 2. The van der Waals surface area contributed by atoms with Crippen molar-refractivity contribution in [3.05, 3.63) is 77.5 Å². The number of rotatable bonds is 6. The molecule has 0 unspecified atom stereocenters. The number of hydrogen-bond acceptors (Lipinski definition) is 5. The molecule has 1 aliphatic rings. The first kappa shape index (κ1) is 20.4. The number of carbonyl (C=O) groups excluding carboxylic acids is 2. The summed E-state index contributed by atoms with van der Waals surface area (Å²) in [6.45, 7) is 3.86. The molecule has 0 saturated heterocycles. The predicted molar refractivity (Wildman–Crippen MR) is 114 cm³/mol. The Morgan fingerprint density at radius 2 is 1.86 bits per heavy atom. The minimum Gasteiger partial charge on any atom is -0.497 e. The third kappa shape index (κ3) is 4.40. The molecule has 1 aliphatic heterocycles. The van der Waals surface area contributed by atoms with Crippen LogP contribution in [0.2, 0.25) is 0 Å². The molecule has 0 amide bonds. The van der Waals surface area contributed by atoms with E-state index in [4.69, 9.17) is 9.47 Å². The van der Waals surface area contributed by atoms with Gasteiger partial charge in [0.05, 0.1) is 7.11 Å². The molecule has 0 aliphatic carbocycles. The quantitative estimate of drug-likeness (QED) is 0.547. The molecule has 2 aromatic carbocycles. The molecule has 0 N–H and O–H groups in total. The van der Waals surface area contributed by atoms with Gasteiger partial charge in [-0.05, 0) is 35.4 Å². The Labute approximate surface area is 171 Å². The molecule has 0 fully saturated rings. The third-order valence-electron chi connectivity index (χ3n) is 5.10. The molecule has 2 aromatic rings. The number of fused-ring (bicyclic) bond motifs is 1. The van der Waals surface area contributed by atoms with E-state index in [1.54, 1.807) is 25.3 Å². The van der Waals surface area contributed by atoms with Crippen LogP contribution < -0.4 is 9.64 Å². The Morgan fingerprint density at radius 1 is 1.10 bits per heavy atom. The summed E-state index contributed by atoms with van der Waals surface area (Å²) < 4.78 is 10.3. The second-order valence-corrected chi connectivity index (χ2v) is 7.41. The molecule has 3 rings (SSSR count). The van der Waals surface area contributed by atoms with Gasteiger partial charge in [0.2, 0.25) is 0 Å². The fourth-order valence-electron chi connectivity index (χ4n) is 3.55. The molecule has 150 valence electrons. The van der Waals surface area contributed by atoms with Crippen LogP contribution in [0.5, 0.6) is 5.75 Å². The predicted octanol–water partition coefficient (Wildman–Crippen LogP) is 4.13. The Hall–Kier alpha value is -3.34. The molecule has 0 radical (unpaired) electrons. The number of allylic oxidation sites excluding steroid dienone is 1. The van der Waals surface area contributed by atoms with Gasteiger partial charge in [0.25, 0.3) is 0 Å². The number of para-hydroxylation sites is 1. The van der Waals surface area contributed by atoms with Gasteiger partial charge in [-0.15, -0.1) is 0 Å².